The molecule has 5 aromatic rings. The smallest absolute Gasteiger partial charge is 0.339 e. The number of piperidine rings is 1. The van der Waals surface area contributed by atoms with E-state index in [0.717, 1.165) is 93.4 Å². The zero-order chi connectivity index (χ0) is 33.7. The van der Waals surface area contributed by atoms with Crippen molar-refractivity contribution in [3.8, 4) is 21.8 Å². The minimum Gasteiger partial charge on any atom is -0.464 e. The second kappa shape index (κ2) is 13.2. The Balaban J connectivity index is 1.33. The minimum atomic E-state index is -0.921. The second-order valence-electron chi connectivity index (χ2n) is 14.0. The van der Waals surface area contributed by atoms with Gasteiger partial charge in [-0.3, -0.25) is 4.90 Å². The van der Waals surface area contributed by atoms with Crippen molar-refractivity contribution >= 4 is 50.2 Å². The van der Waals surface area contributed by atoms with Gasteiger partial charge in [-0.2, -0.15) is 0 Å². The highest BCUT2D eigenvalue weighted by molar-refractivity contribution is 7.22. The lowest BCUT2D eigenvalue weighted by molar-refractivity contribution is -0.166. The molecule has 1 atom stereocenters. The lowest BCUT2D eigenvalue weighted by Gasteiger charge is -2.41. The molecule has 2 aliphatic rings. The van der Waals surface area contributed by atoms with Crippen LogP contribution in [0.4, 0.5) is 0 Å². The number of benzene rings is 2. The number of aryl methyl sites for hydroxylation is 2. The molecule has 0 spiro atoms. The Morgan fingerprint density at radius 1 is 1.10 bits per heavy atom. The molecule has 8 nitrogen and oxygen atoms in total. The number of fused-ring (bicyclic) bond motifs is 2. The molecule has 2 aliphatic heterocycles. The lowest BCUT2D eigenvalue weighted by Crippen LogP contribution is -2.51. The van der Waals surface area contributed by atoms with Gasteiger partial charge in [0.15, 0.2) is 6.10 Å². The Kier molecular flexibility index (Phi) is 9.10. The Hall–Kier alpha value is -3.34. The van der Waals surface area contributed by atoms with Crippen molar-refractivity contribution in [2.24, 2.45) is 7.05 Å². The van der Waals surface area contributed by atoms with E-state index in [-0.39, 0.29) is 6.61 Å². The molecule has 5 heterocycles. The van der Waals surface area contributed by atoms with Gasteiger partial charge in [0.25, 0.3) is 0 Å². The van der Waals surface area contributed by atoms with Gasteiger partial charge < -0.3 is 18.8 Å². The van der Waals surface area contributed by atoms with Crippen molar-refractivity contribution in [1.82, 2.24) is 19.4 Å². The van der Waals surface area contributed by atoms with Gasteiger partial charge in [-0.1, -0.05) is 23.7 Å². The average Bonchev–Trinajstić information content (AvgIpc) is 3.59. The van der Waals surface area contributed by atoms with Crippen LogP contribution in [-0.4, -0.2) is 70.0 Å². The van der Waals surface area contributed by atoms with E-state index < -0.39 is 17.7 Å². The maximum atomic E-state index is 13.5. The summed E-state index contributed by atoms with van der Waals surface area (Å²) in [6.07, 6.45) is 3.59. The zero-order valence-electron chi connectivity index (χ0n) is 28.5. The van der Waals surface area contributed by atoms with Crippen molar-refractivity contribution in [3.63, 3.8) is 0 Å². The molecule has 2 saturated heterocycles. The fourth-order valence-electron chi connectivity index (χ4n) is 7.07. The monoisotopic (exact) mass is 686 g/mol. The molecular weight excluding hydrogens is 644 g/mol. The maximum Gasteiger partial charge on any atom is 0.339 e. The predicted octanol–water partition coefficient (Wildman–Crippen LogP) is 8.48. The summed E-state index contributed by atoms with van der Waals surface area (Å²) in [5.41, 5.74) is 8.10. The van der Waals surface area contributed by atoms with E-state index in [1.54, 1.807) is 11.3 Å². The van der Waals surface area contributed by atoms with Crippen LogP contribution in [0.1, 0.15) is 69.2 Å². The van der Waals surface area contributed by atoms with Crippen LogP contribution in [0.15, 0.2) is 48.7 Å². The molecule has 0 aliphatic carbocycles. The van der Waals surface area contributed by atoms with Crippen molar-refractivity contribution in [1.29, 1.82) is 0 Å². The summed E-state index contributed by atoms with van der Waals surface area (Å²) in [6, 6.07) is 14.6. The topological polar surface area (TPSA) is 78.7 Å². The van der Waals surface area contributed by atoms with Gasteiger partial charge in [-0.05, 0) is 113 Å². The van der Waals surface area contributed by atoms with E-state index in [1.807, 2.05) is 58.9 Å². The van der Waals surface area contributed by atoms with Crippen LogP contribution in [0.25, 0.3) is 43.1 Å². The molecule has 2 fully saturated rings. The highest BCUT2D eigenvalue weighted by atomic mass is 35.5. The summed E-state index contributed by atoms with van der Waals surface area (Å²) in [4.78, 5) is 26.6. The SMILES string of the molecule is CCOC(=O)[C@@H](OC(C)(C)C)c1c(C)cc2nc(-c3ccc4c(n3)c(C3CCN(C5COC5)CC3)cn4C)sc2c1-c1ccc(Cl)cc1. The molecule has 0 saturated carbocycles. The van der Waals surface area contributed by atoms with Gasteiger partial charge in [0.2, 0.25) is 0 Å². The van der Waals surface area contributed by atoms with E-state index in [9.17, 15) is 4.79 Å². The molecule has 0 unspecified atom stereocenters. The fourth-order valence-corrected chi connectivity index (χ4v) is 8.29. The number of carbonyl (C=O) groups excluding carboxylic acids is 1. The molecule has 252 valence electrons. The number of thiazole rings is 1. The summed E-state index contributed by atoms with van der Waals surface area (Å²) >= 11 is 7.93. The molecule has 0 bridgehead atoms. The number of ether oxygens (including phenoxy) is 3. The number of pyridine rings is 1. The first-order valence-electron chi connectivity index (χ1n) is 16.8. The summed E-state index contributed by atoms with van der Waals surface area (Å²) in [5, 5.41) is 1.47. The van der Waals surface area contributed by atoms with E-state index in [1.165, 1.54) is 5.56 Å². The van der Waals surface area contributed by atoms with E-state index in [4.69, 9.17) is 35.8 Å². The number of hydrogen-bond acceptors (Lipinski definition) is 8. The van der Waals surface area contributed by atoms with Gasteiger partial charge >= 0.3 is 5.97 Å². The highest BCUT2D eigenvalue weighted by Gasteiger charge is 2.34. The van der Waals surface area contributed by atoms with Crippen LogP contribution in [-0.2, 0) is 26.1 Å². The summed E-state index contributed by atoms with van der Waals surface area (Å²) < 4.78 is 20.6. The van der Waals surface area contributed by atoms with Crippen molar-refractivity contribution in [2.75, 3.05) is 32.9 Å². The number of hydrogen-bond donors (Lipinski definition) is 0. The molecule has 7 rings (SSSR count). The van der Waals surface area contributed by atoms with Crippen LogP contribution >= 0.6 is 22.9 Å². The number of halogens is 1. The first-order chi connectivity index (χ1) is 23.0. The van der Waals surface area contributed by atoms with Gasteiger partial charge in [-0.25, -0.2) is 14.8 Å². The largest absolute Gasteiger partial charge is 0.464 e. The normalized spacial score (nSPS) is 17.2. The first-order valence-corrected chi connectivity index (χ1v) is 18.0. The lowest BCUT2D eigenvalue weighted by atomic mass is 9.89. The van der Waals surface area contributed by atoms with Gasteiger partial charge in [0.1, 0.15) is 5.01 Å². The van der Waals surface area contributed by atoms with Crippen LogP contribution in [0.5, 0.6) is 0 Å². The van der Waals surface area contributed by atoms with Gasteiger partial charge in [0.05, 0.1) is 58.4 Å². The van der Waals surface area contributed by atoms with Crippen LogP contribution in [0.3, 0.4) is 0 Å². The second-order valence-corrected chi connectivity index (χ2v) is 15.4. The molecule has 3 aromatic heterocycles. The van der Waals surface area contributed by atoms with E-state index in [0.29, 0.717) is 17.0 Å². The van der Waals surface area contributed by atoms with Crippen molar-refractivity contribution in [2.45, 2.75) is 71.1 Å². The number of nitrogens with zero attached hydrogens (tertiary/aromatic N) is 4. The zero-order valence-corrected chi connectivity index (χ0v) is 30.1. The summed E-state index contributed by atoms with van der Waals surface area (Å²) in [7, 11) is 2.11. The fraction of sp³-hybridized carbons (Fsp3) is 0.447. The third-order valence-electron chi connectivity index (χ3n) is 9.48. The maximum absolute atomic E-state index is 13.5. The molecule has 0 radical (unpaired) electrons. The molecule has 0 N–H and O–H groups in total. The summed E-state index contributed by atoms with van der Waals surface area (Å²) in [6.45, 7) is 13.8. The Bertz CT molecular complexity index is 1970. The number of likely N-dealkylation sites (tertiary alicyclic amines) is 1. The highest BCUT2D eigenvalue weighted by Crippen LogP contribution is 2.45. The molecule has 48 heavy (non-hydrogen) atoms. The van der Waals surface area contributed by atoms with E-state index in [2.05, 4.69) is 40.9 Å². The molecule has 0 amide bonds. The number of esters is 1. The standard InChI is InChI=1S/C38H43ClN4O4S/c1-7-46-37(44)34(47-38(3,4)5)31-22(2)18-29-35(32(31)24-8-10-25(39)11-9-24)48-36(41-29)28-12-13-30-33(40-28)27(19-42(30)6)23-14-16-43(17-15-23)26-20-45-21-26/h8-13,18-19,23,26,34H,7,14-17,20-21H2,1-6H3/t34-/m0/s1. The van der Waals surface area contributed by atoms with Crippen LogP contribution in [0, 0.1) is 6.92 Å². The minimum absolute atomic E-state index is 0.259. The van der Waals surface area contributed by atoms with Crippen LogP contribution in [0.2, 0.25) is 5.02 Å². The Labute approximate surface area is 291 Å². The third-order valence-corrected chi connectivity index (χ3v) is 10.8. The number of aromatic nitrogens is 3. The van der Waals surface area contributed by atoms with Gasteiger partial charge in [-0.15, -0.1) is 11.3 Å². The van der Waals surface area contributed by atoms with Crippen molar-refractivity contribution in [3.05, 3.63) is 70.4 Å². The molecule has 2 aromatic carbocycles. The number of carbonyl (C=O) groups is 1. The number of rotatable bonds is 8. The van der Waals surface area contributed by atoms with Crippen molar-refractivity contribution < 1.29 is 19.0 Å². The first kappa shape index (κ1) is 33.2. The Morgan fingerprint density at radius 2 is 1.83 bits per heavy atom. The Morgan fingerprint density at radius 3 is 2.48 bits per heavy atom. The molecule has 10 heteroatoms. The molecular formula is C38H43ClN4O4S. The summed E-state index contributed by atoms with van der Waals surface area (Å²) in [5.74, 6) is 0.0545. The third kappa shape index (κ3) is 6.39. The quantitative estimate of drug-likeness (QED) is 0.152. The predicted molar refractivity (Wildman–Crippen MR) is 193 cm³/mol. The average molecular weight is 687 g/mol. The van der Waals surface area contributed by atoms with Gasteiger partial charge in [0, 0.05) is 29.4 Å². The van der Waals surface area contributed by atoms with Crippen LogP contribution < -0.4 is 0 Å². The van der Waals surface area contributed by atoms with E-state index >= 15 is 0 Å².